The molecule has 1 aliphatic rings. The van der Waals surface area contributed by atoms with Crippen LogP contribution in [-0.4, -0.2) is 30.2 Å². The minimum atomic E-state index is -0.905. The number of hydrogen-bond acceptors (Lipinski definition) is 2. The molecule has 17 heavy (non-hydrogen) atoms. The fourth-order valence-corrected chi connectivity index (χ4v) is 1.81. The van der Waals surface area contributed by atoms with Gasteiger partial charge in [-0.3, -0.25) is 4.79 Å². The second-order valence-corrected chi connectivity index (χ2v) is 4.18. The normalized spacial score (nSPS) is 14.9. The number of allylic oxidation sites excluding steroid dienone is 1. The van der Waals surface area contributed by atoms with Gasteiger partial charge in [-0.05, 0) is 32.1 Å². The monoisotopic (exact) mass is 240 g/mol. The summed E-state index contributed by atoms with van der Waals surface area (Å²) >= 11 is 0. The molecule has 0 heterocycles. The molecule has 96 valence electrons. The van der Waals surface area contributed by atoms with Crippen LogP contribution in [0.25, 0.3) is 0 Å². The van der Waals surface area contributed by atoms with Crippen LogP contribution in [0.4, 0.5) is 4.79 Å². The Kier molecular flexibility index (Phi) is 6.14. The third-order valence-electron chi connectivity index (χ3n) is 2.74. The van der Waals surface area contributed by atoms with Crippen LogP contribution in [0.3, 0.4) is 0 Å². The molecule has 0 aromatic carbocycles. The summed E-state index contributed by atoms with van der Waals surface area (Å²) < 4.78 is 0. The zero-order chi connectivity index (χ0) is 12.5. The first-order valence-corrected chi connectivity index (χ1v) is 6.10. The SMILES string of the molecule is O=C(O)CCNC(=O)NCCC1=CCCCC1. The summed E-state index contributed by atoms with van der Waals surface area (Å²) in [4.78, 5) is 21.5. The minimum absolute atomic E-state index is 0.0431. The molecule has 0 aromatic heterocycles. The van der Waals surface area contributed by atoms with E-state index < -0.39 is 5.97 Å². The lowest BCUT2D eigenvalue weighted by Crippen LogP contribution is -2.37. The number of nitrogens with one attached hydrogen (secondary N) is 2. The van der Waals surface area contributed by atoms with Crippen molar-refractivity contribution >= 4 is 12.0 Å². The van der Waals surface area contributed by atoms with E-state index in [1.807, 2.05) is 0 Å². The highest BCUT2D eigenvalue weighted by Gasteiger charge is 2.05. The fourth-order valence-electron chi connectivity index (χ4n) is 1.81. The Labute approximate surface area is 101 Å². The van der Waals surface area contributed by atoms with Crippen LogP contribution in [0, 0.1) is 0 Å². The van der Waals surface area contributed by atoms with Gasteiger partial charge in [0.1, 0.15) is 0 Å². The van der Waals surface area contributed by atoms with Gasteiger partial charge >= 0.3 is 12.0 Å². The van der Waals surface area contributed by atoms with Crippen LogP contribution < -0.4 is 10.6 Å². The lowest BCUT2D eigenvalue weighted by Gasteiger charge is -2.13. The largest absolute Gasteiger partial charge is 0.481 e. The van der Waals surface area contributed by atoms with Crippen molar-refractivity contribution in [3.63, 3.8) is 0 Å². The number of aliphatic carboxylic acids is 1. The fraction of sp³-hybridized carbons (Fsp3) is 0.667. The van der Waals surface area contributed by atoms with E-state index in [0.29, 0.717) is 6.54 Å². The highest BCUT2D eigenvalue weighted by molar-refractivity contribution is 5.74. The number of carbonyl (C=O) groups excluding carboxylic acids is 1. The van der Waals surface area contributed by atoms with Gasteiger partial charge in [0.05, 0.1) is 6.42 Å². The van der Waals surface area contributed by atoms with Crippen LogP contribution in [0.2, 0.25) is 0 Å². The van der Waals surface area contributed by atoms with E-state index in [9.17, 15) is 9.59 Å². The van der Waals surface area contributed by atoms with Crippen molar-refractivity contribution in [3.8, 4) is 0 Å². The second-order valence-electron chi connectivity index (χ2n) is 4.18. The van der Waals surface area contributed by atoms with E-state index in [1.165, 1.54) is 18.4 Å². The molecule has 0 fully saturated rings. The van der Waals surface area contributed by atoms with Crippen molar-refractivity contribution in [1.29, 1.82) is 0 Å². The van der Waals surface area contributed by atoms with Gasteiger partial charge in [0.15, 0.2) is 0 Å². The molecular weight excluding hydrogens is 220 g/mol. The molecule has 3 N–H and O–H groups in total. The first-order chi connectivity index (χ1) is 8.18. The summed E-state index contributed by atoms with van der Waals surface area (Å²) in [6.07, 6.45) is 7.92. The summed E-state index contributed by atoms with van der Waals surface area (Å²) in [6.45, 7) is 0.786. The quantitative estimate of drug-likeness (QED) is 0.618. The van der Waals surface area contributed by atoms with Crippen LogP contribution in [0.5, 0.6) is 0 Å². The van der Waals surface area contributed by atoms with E-state index in [0.717, 1.165) is 19.3 Å². The highest BCUT2D eigenvalue weighted by atomic mass is 16.4. The van der Waals surface area contributed by atoms with Crippen molar-refractivity contribution in [2.45, 2.75) is 38.5 Å². The van der Waals surface area contributed by atoms with Crippen LogP contribution in [-0.2, 0) is 4.79 Å². The topological polar surface area (TPSA) is 78.4 Å². The third-order valence-corrected chi connectivity index (χ3v) is 2.74. The third kappa shape index (κ3) is 6.60. The maximum Gasteiger partial charge on any atom is 0.314 e. The van der Waals surface area contributed by atoms with Gasteiger partial charge < -0.3 is 15.7 Å². The number of urea groups is 1. The zero-order valence-corrected chi connectivity index (χ0v) is 10.00. The smallest absolute Gasteiger partial charge is 0.314 e. The zero-order valence-electron chi connectivity index (χ0n) is 10.00. The average Bonchev–Trinajstić information content (AvgIpc) is 2.30. The van der Waals surface area contributed by atoms with Crippen molar-refractivity contribution in [2.24, 2.45) is 0 Å². The predicted molar refractivity (Wildman–Crippen MR) is 64.8 cm³/mol. The highest BCUT2D eigenvalue weighted by Crippen LogP contribution is 2.19. The van der Waals surface area contributed by atoms with E-state index in [-0.39, 0.29) is 19.0 Å². The van der Waals surface area contributed by atoms with E-state index in [2.05, 4.69) is 16.7 Å². The average molecular weight is 240 g/mol. The van der Waals surface area contributed by atoms with Crippen LogP contribution in [0.15, 0.2) is 11.6 Å². The van der Waals surface area contributed by atoms with Crippen molar-refractivity contribution < 1.29 is 14.7 Å². The van der Waals surface area contributed by atoms with Gasteiger partial charge in [-0.2, -0.15) is 0 Å². The Hall–Kier alpha value is -1.52. The van der Waals surface area contributed by atoms with E-state index in [4.69, 9.17) is 5.11 Å². The Balaban J connectivity index is 2.03. The van der Waals surface area contributed by atoms with Gasteiger partial charge in [0.25, 0.3) is 0 Å². The van der Waals surface area contributed by atoms with Crippen molar-refractivity contribution in [1.82, 2.24) is 10.6 Å². The minimum Gasteiger partial charge on any atom is -0.481 e. The Bertz CT molecular complexity index is 300. The number of hydrogen-bond donors (Lipinski definition) is 3. The molecule has 0 radical (unpaired) electrons. The molecule has 0 saturated carbocycles. The maximum absolute atomic E-state index is 11.2. The predicted octanol–water partition coefficient (Wildman–Crippen LogP) is 1.65. The maximum atomic E-state index is 11.2. The molecule has 0 aromatic rings. The second kappa shape index (κ2) is 7.70. The van der Waals surface area contributed by atoms with Crippen LogP contribution >= 0.6 is 0 Å². The summed E-state index contributed by atoms with van der Waals surface area (Å²) in [6, 6.07) is -0.289. The molecule has 0 aliphatic heterocycles. The molecular formula is C12H20N2O3. The molecule has 5 nitrogen and oxygen atoms in total. The lowest BCUT2D eigenvalue weighted by atomic mass is 9.97. The molecule has 5 heteroatoms. The Morgan fingerprint density at radius 1 is 1.24 bits per heavy atom. The van der Waals surface area contributed by atoms with Gasteiger partial charge in [-0.15, -0.1) is 0 Å². The number of rotatable bonds is 6. The number of carboxylic acid groups (broad SMARTS) is 1. The molecule has 0 atom stereocenters. The molecule has 1 aliphatic carbocycles. The lowest BCUT2D eigenvalue weighted by molar-refractivity contribution is -0.136. The molecule has 0 saturated heterocycles. The summed E-state index contributed by atoms with van der Waals surface area (Å²) in [5.74, 6) is -0.905. The molecule has 0 unspecified atom stereocenters. The summed E-state index contributed by atoms with van der Waals surface area (Å²) in [5, 5.41) is 13.6. The number of amides is 2. The number of carbonyl (C=O) groups is 2. The van der Waals surface area contributed by atoms with E-state index >= 15 is 0 Å². The van der Waals surface area contributed by atoms with E-state index in [1.54, 1.807) is 0 Å². The van der Waals surface area contributed by atoms with Gasteiger partial charge in [-0.1, -0.05) is 11.6 Å². The molecule has 1 rings (SSSR count). The first-order valence-electron chi connectivity index (χ1n) is 6.10. The van der Waals surface area contributed by atoms with Crippen molar-refractivity contribution in [3.05, 3.63) is 11.6 Å². The van der Waals surface area contributed by atoms with Crippen LogP contribution in [0.1, 0.15) is 38.5 Å². The molecule has 2 amide bonds. The standard InChI is InChI=1S/C12H20N2O3/c15-11(16)7-9-14-12(17)13-8-6-10-4-2-1-3-5-10/h4H,1-3,5-9H2,(H,15,16)(H2,13,14,17). The van der Waals surface area contributed by atoms with Gasteiger partial charge in [0.2, 0.25) is 0 Å². The summed E-state index contributed by atoms with van der Waals surface area (Å²) in [7, 11) is 0. The van der Waals surface area contributed by atoms with Crippen molar-refractivity contribution in [2.75, 3.05) is 13.1 Å². The van der Waals surface area contributed by atoms with Gasteiger partial charge in [0, 0.05) is 13.1 Å². The Morgan fingerprint density at radius 2 is 2.00 bits per heavy atom. The Morgan fingerprint density at radius 3 is 2.65 bits per heavy atom. The first kappa shape index (κ1) is 13.5. The molecule has 0 spiro atoms. The summed E-state index contributed by atoms with van der Waals surface area (Å²) in [5.41, 5.74) is 1.42. The molecule has 0 bridgehead atoms. The number of carboxylic acids is 1. The van der Waals surface area contributed by atoms with Gasteiger partial charge in [-0.25, -0.2) is 4.79 Å².